The molecule has 1 saturated carbocycles. The average molecular weight is 445 g/mol. The van der Waals surface area contributed by atoms with Crippen LogP contribution in [0.25, 0.3) is 0 Å². The molecule has 172 valence electrons. The monoisotopic (exact) mass is 445 g/mol. The van der Waals surface area contributed by atoms with Crippen molar-refractivity contribution in [1.82, 2.24) is 9.13 Å². The summed E-state index contributed by atoms with van der Waals surface area (Å²) in [5.41, 5.74) is 3.21. The van der Waals surface area contributed by atoms with Crippen molar-refractivity contribution in [1.29, 1.82) is 0 Å². The number of ether oxygens (including phenoxy) is 1. The number of ketones is 1. The summed E-state index contributed by atoms with van der Waals surface area (Å²) >= 11 is 0. The number of carbonyl (C=O) groups is 2. The molecule has 32 heavy (non-hydrogen) atoms. The molecule has 8 nitrogen and oxygen atoms in total. The van der Waals surface area contributed by atoms with Crippen LogP contribution in [0, 0.1) is 11.7 Å². The summed E-state index contributed by atoms with van der Waals surface area (Å²) in [4.78, 5) is 50.9. The fourth-order valence-electron chi connectivity index (χ4n) is 4.34. The Morgan fingerprint density at radius 2 is 1.81 bits per heavy atom. The molecular weight excluding hydrogens is 417 g/mol. The van der Waals surface area contributed by atoms with Crippen LogP contribution in [-0.2, 0) is 28.5 Å². The van der Waals surface area contributed by atoms with Gasteiger partial charge in [-0.1, -0.05) is 44.9 Å². The smallest absolute Gasteiger partial charge is 0.332 e. The van der Waals surface area contributed by atoms with Crippen LogP contribution in [0.1, 0.15) is 55.5 Å². The van der Waals surface area contributed by atoms with Crippen LogP contribution < -0.4 is 17.0 Å². The van der Waals surface area contributed by atoms with Gasteiger partial charge in [0, 0.05) is 19.2 Å². The van der Waals surface area contributed by atoms with Gasteiger partial charge in [0.05, 0.1) is 5.41 Å². The molecule has 0 spiro atoms. The van der Waals surface area contributed by atoms with Gasteiger partial charge in [-0.05, 0) is 24.8 Å². The number of halogens is 1. The average Bonchev–Trinajstić information content (AvgIpc) is 3.25. The van der Waals surface area contributed by atoms with E-state index in [1.54, 1.807) is 18.2 Å². The Morgan fingerprint density at radius 3 is 2.41 bits per heavy atom. The Balaban J connectivity index is 1.89. The van der Waals surface area contributed by atoms with Crippen molar-refractivity contribution in [3.8, 4) is 0 Å². The van der Waals surface area contributed by atoms with Crippen LogP contribution in [0.3, 0.4) is 0 Å². The molecule has 1 fully saturated rings. The standard InChI is InChI=1S/C23H28FN3O5/c1-14(2)12-27-19(25)18(20(29)26(3)22(27)31)17(28)13-32-21(30)23(10-6-7-11-23)15-8-4-5-9-16(15)24/h4-5,8-9,14H,6-7,10-13,25H2,1-3H3. The summed E-state index contributed by atoms with van der Waals surface area (Å²) < 4.78 is 21.8. The quantitative estimate of drug-likeness (QED) is 0.516. The number of hydrogen-bond acceptors (Lipinski definition) is 6. The predicted octanol–water partition coefficient (Wildman–Crippen LogP) is 2.16. The third kappa shape index (κ3) is 4.11. The first-order valence-electron chi connectivity index (χ1n) is 10.6. The van der Waals surface area contributed by atoms with Gasteiger partial charge in [-0.25, -0.2) is 9.18 Å². The number of benzene rings is 1. The number of nitrogens with zero attached hydrogens (tertiary/aromatic N) is 2. The number of nitrogen functional groups attached to an aromatic ring is 1. The van der Waals surface area contributed by atoms with Gasteiger partial charge >= 0.3 is 11.7 Å². The van der Waals surface area contributed by atoms with Crippen molar-refractivity contribution in [3.63, 3.8) is 0 Å². The molecule has 0 atom stereocenters. The number of Topliss-reactive ketones (excluding diaryl/α,β-unsaturated/α-hetero) is 1. The Kier molecular flexibility index (Phi) is 6.66. The molecule has 2 N–H and O–H groups in total. The van der Waals surface area contributed by atoms with E-state index in [0.29, 0.717) is 12.8 Å². The van der Waals surface area contributed by atoms with Gasteiger partial charge in [0.1, 0.15) is 17.2 Å². The summed E-state index contributed by atoms with van der Waals surface area (Å²) in [6.45, 7) is 3.22. The van der Waals surface area contributed by atoms with Gasteiger partial charge < -0.3 is 10.5 Å². The lowest BCUT2D eigenvalue weighted by molar-refractivity contribution is -0.149. The molecule has 1 aromatic heterocycles. The van der Waals surface area contributed by atoms with E-state index in [-0.39, 0.29) is 23.8 Å². The van der Waals surface area contributed by atoms with E-state index in [1.807, 2.05) is 13.8 Å². The number of anilines is 1. The number of rotatable bonds is 7. The lowest BCUT2D eigenvalue weighted by atomic mass is 9.78. The first kappa shape index (κ1) is 23.4. The lowest BCUT2D eigenvalue weighted by Crippen LogP contribution is -2.44. The normalized spacial score (nSPS) is 15.2. The lowest BCUT2D eigenvalue weighted by Gasteiger charge is -2.27. The molecule has 0 radical (unpaired) electrons. The highest BCUT2D eigenvalue weighted by Gasteiger charge is 2.46. The highest BCUT2D eigenvalue weighted by Crippen LogP contribution is 2.43. The zero-order valence-corrected chi connectivity index (χ0v) is 18.5. The van der Waals surface area contributed by atoms with Crippen LogP contribution in [0.4, 0.5) is 10.2 Å². The van der Waals surface area contributed by atoms with E-state index in [1.165, 1.54) is 17.7 Å². The molecule has 1 heterocycles. The van der Waals surface area contributed by atoms with Crippen molar-refractivity contribution in [2.24, 2.45) is 13.0 Å². The third-order valence-electron chi connectivity index (χ3n) is 5.98. The highest BCUT2D eigenvalue weighted by molar-refractivity contribution is 6.01. The second kappa shape index (κ2) is 9.10. The summed E-state index contributed by atoms with van der Waals surface area (Å²) in [7, 11) is 1.26. The van der Waals surface area contributed by atoms with Crippen molar-refractivity contribution < 1.29 is 18.7 Å². The minimum Gasteiger partial charge on any atom is -0.457 e. The molecule has 2 aromatic rings. The minimum absolute atomic E-state index is 0.0382. The molecule has 1 aliphatic carbocycles. The van der Waals surface area contributed by atoms with Crippen molar-refractivity contribution >= 4 is 17.6 Å². The van der Waals surface area contributed by atoms with E-state index in [9.17, 15) is 23.6 Å². The van der Waals surface area contributed by atoms with E-state index in [4.69, 9.17) is 10.5 Å². The molecule has 3 rings (SSSR count). The fourth-order valence-corrected chi connectivity index (χ4v) is 4.34. The van der Waals surface area contributed by atoms with Gasteiger partial charge in [-0.15, -0.1) is 0 Å². The van der Waals surface area contributed by atoms with E-state index in [0.717, 1.165) is 17.4 Å². The Labute approximate surface area is 184 Å². The van der Waals surface area contributed by atoms with E-state index in [2.05, 4.69) is 0 Å². The predicted molar refractivity (Wildman–Crippen MR) is 117 cm³/mol. The Morgan fingerprint density at radius 1 is 1.19 bits per heavy atom. The molecule has 9 heteroatoms. The number of nitrogens with two attached hydrogens (primary N) is 1. The molecule has 1 aromatic carbocycles. The summed E-state index contributed by atoms with van der Waals surface area (Å²) in [5, 5.41) is 0. The van der Waals surface area contributed by atoms with Crippen molar-refractivity contribution in [2.75, 3.05) is 12.3 Å². The maximum Gasteiger partial charge on any atom is 0.332 e. The molecule has 1 aliphatic rings. The Hall–Kier alpha value is -3.23. The molecule has 0 unspecified atom stereocenters. The third-order valence-corrected chi connectivity index (χ3v) is 5.98. The number of esters is 1. The summed E-state index contributed by atoms with van der Waals surface area (Å²) in [6.07, 6.45) is 2.27. The van der Waals surface area contributed by atoms with Crippen LogP contribution in [-0.4, -0.2) is 27.5 Å². The number of aromatic nitrogens is 2. The maximum atomic E-state index is 14.5. The van der Waals surface area contributed by atoms with Gasteiger partial charge in [0.2, 0.25) is 5.78 Å². The molecule has 0 aliphatic heterocycles. The first-order chi connectivity index (χ1) is 15.1. The second-order valence-corrected chi connectivity index (χ2v) is 8.68. The first-order valence-corrected chi connectivity index (χ1v) is 10.6. The van der Waals surface area contributed by atoms with Crippen molar-refractivity contribution in [3.05, 3.63) is 62.0 Å². The molecule has 0 bridgehead atoms. The zero-order chi connectivity index (χ0) is 23.6. The minimum atomic E-state index is -1.17. The van der Waals surface area contributed by atoms with E-state index < -0.39 is 46.4 Å². The van der Waals surface area contributed by atoms with Gasteiger partial charge in [0.25, 0.3) is 5.56 Å². The SMILES string of the molecule is CC(C)Cn1c(N)c(C(=O)COC(=O)C2(c3ccccc3F)CCCC2)c(=O)n(C)c1=O. The molecule has 0 saturated heterocycles. The molecular formula is C23H28FN3O5. The Bertz CT molecular complexity index is 1160. The second-order valence-electron chi connectivity index (χ2n) is 8.68. The van der Waals surface area contributed by atoms with Crippen LogP contribution >= 0.6 is 0 Å². The van der Waals surface area contributed by atoms with Gasteiger partial charge in [-0.2, -0.15) is 0 Å². The van der Waals surface area contributed by atoms with E-state index >= 15 is 0 Å². The molecule has 0 amide bonds. The van der Waals surface area contributed by atoms with Crippen LogP contribution in [0.15, 0.2) is 33.9 Å². The van der Waals surface area contributed by atoms with Crippen molar-refractivity contribution in [2.45, 2.75) is 51.5 Å². The van der Waals surface area contributed by atoms with Crippen LogP contribution in [0.2, 0.25) is 0 Å². The fraction of sp³-hybridized carbons (Fsp3) is 0.478. The maximum absolute atomic E-state index is 14.5. The number of hydrogen-bond donors (Lipinski definition) is 1. The largest absolute Gasteiger partial charge is 0.457 e. The number of carbonyl (C=O) groups excluding carboxylic acids is 2. The summed E-state index contributed by atoms with van der Waals surface area (Å²) in [6, 6.07) is 6.04. The highest BCUT2D eigenvalue weighted by atomic mass is 19.1. The topological polar surface area (TPSA) is 113 Å². The van der Waals surface area contributed by atoms with Crippen LogP contribution in [0.5, 0.6) is 0 Å². The van der Waals surface area contributed by atoms with Gasteiger partial charge in [0.15, 0.2) is 6.61 Å². The van der Waals surface area contributed by atoms with Gasteiger partial charge in [-0.3, -0.25) is 23.5 Å². The summed E-state index contributed by atoms with van der Waals surface area (Å²) in [5.74, 6) is -2.24. The zero-order valence-electron chi connectivity index (χ0n) is 18.5.